The summed E-state index contributed by atoms with van der Waals surface area (Å²) in [4.78, 5) is 23.0. The number of nitrogens with one attached hydrogen (secondary N) is 2. The molecule has 20 heavy (non-hydrogen) atoms. The summed E-state index contributed by atoms with van der Waals surface area (Å²) in [6, 6.07) is -0.380. The standard InChI is InChI=1S/C15H28N2O3/c1-3-10-15(2,13(18)19)17-14(20)16-11-6-9-12-7-4-5-8-12/h12H,3-11H2,1-2H3,(H,18,19)(H2,16,17,20). The zero-order chi connectivity index (χ0) is 15.0. The molecule has 1 rings (SSSR count). The van der Waals surface area contributed by atoms with Gasteiger partial charge in [-0.1, -0.05) is 39.0 Å². The number of aliphatic carboxylic acids is 1. The first-order valence-corrected chi connectivity index (χ1v) is 7.77. The van der Waals surface area contributed by atoms with Gasteiger partial charge in [-0.25, -0.2) is 9.59 Å². The third kappa shape index (κ3) is 5.39. The average molecular weight is 284 g/mol. The van der Waals surface area contributed by atoms with E-state index in [0.717, 1.165) is 18.8 Å². The van der Waals surface area contributed by atoms with E-state index in [2.05, 4.69) is 10.6 Å². The lowest BCUT2D eigenvalue weighted by atomic mass is 9.97. The summed E-state index contributed by atoms with van der Waals surface area (Å²) >= 11 is 0. The van der Waals surface area contributed by atoms with Crippen molar-refractivity contribution < 1.29 is 14.7 Å². The van der Waals surface area contributed by atoms with Gasteiger partial charge in [0.25, 0.3) is 0 Å². The first-order chi connectivity index (χ1) is 9.48. The molecule has 1 aliphatic rings. The smallest absolute Gasteiger partial charge is 0.329 e. The second-order valence-corrected chi connectivity index (χ2v) is 6.06. The molecule has 5 nitrogen and oxygen atoms in total. The van der Waals surface area contributed by atoms with Crippen molar-refractivity contribution in [3.8, 4) is 0 Å². The van der Waals surface area contributed by atoms with Gasteiger partial charge in [0, 0.05) is 6.54 Å². The lowest BCUT2D eigenvalue weighted by Gasteiger charge is -2.25. The van der Waals surface area contributed by atoms with E-state index in [1.54, 1.807) is 6.92 Å². The van der Waals surface area contributed by atoms with Crippen LogP contribution in [0.5, 0.6) is 0 Å². The molecule has 0 bridgehead atoms. The van der Waals surface area contributed by atoms with E-state index in [9.17, 15) is 14.7 Å². The van der Waals surface area contributed by atoms with Gasteiger partial charge in [-0.2, -0.15) is 0 Å². The Balaban J connectivity index is 2.22. The van der Waals surface area contributed by atoms with E-state index in [1.165, 1.54) is 25.7 Å². The SMILES string of the molecule is CCCC(C)(NC(=O)NCCCC1CCCC1)C(=O)O. The molecule has 0 aromatic rings. The number of hydrogen-bond acceptors (Lipinski definition) is 2. The fourth-order valence-electron chi connectivity index (χ4n) is 2.91. The number of carbonyl (C=O) groups excluding carboxylic acids is 1. The highest BCUT2D eigenvalue weighted by molar-refractivity contribution is 5.85. The van der Waals surface area contributed by atoms with Gasteiger partial charge in [-0.3, -0.25) is 0 Å². The first kappa shape index (κ1) is 16.8. The lowest BCUT2D eigenvalue weighted by Crippen LogP contribution is -2.55. The Morgan fingerprint density at radius 1 is 1.30 bits per heavy atom. The fourth-order valence-corrected chi connectivity index (χ4v) is 2.91. The second kappa shape index (κ2) is 8.12. The highest BCUT2D eigenvalue weighted by atomic mass is 16.4. The van der Waals surface area contributed by atoms with Gasteiger partial charge in [0.2, 0.25) is 0 Å². The van der Waals surface area contributed by atoms with Crippen molar-refractivity contribution in [3.05, 3.63) is 0 Å². The summed E-state index contributed by atoms with van der Waals surface area (Å²) in [5.74, 6) is -0.162. The van der Waals surface area contributed by atoms with Crippen molar-refractivity contribution >= 4 is 12.0 Å². The Labute approximate surface area is 121 Å². The zero-order valence-electron chi connectivity index (χ0n) is 12.7. The molecule has 1 aliphatic carbocycles. The highest BCUT2D eigenvalue weighted by Gasteiger charge is 2.33. The maximum Gasteiger partial charge on any atom is 0.329 e. The largest absolute Gasteiger partial charge is 0.480 e. The fraction of sp³-hybridized carbons (Fsp3) is 0.867. The van der Waals surface area contributed by atoms with E-state index in [4.69, 9.17) is 0 Å². The number of carboxylic acid groups (broad SMARTS) is 1. The van der Waals surface area contributed by atoms with Crippen molar-refractivity contribution in [1.29, 1.82) is 0 Å². The van der Waals surface area contributed by atoms with Crippen molar-refractivity contribution in [2.45, 2.75) is 70.8 Å². The van der Waals surface area contributed by atoms with Crippen LogP contribution in [-0.4, -0.2) is 29.2 Å². The maximum absolute atomic E-state index is 11.7. The van der Waals surface area contributed by atoms with Crippen molar-refractivity contribution in [2.75, 3.05) is 6.54 Å². The third-order valence-corrected chi connectivity index (χ3v) is 4.16. The number of amides is 2. The van der Waals surface area contributed by atoms with Crippen LogP contribution in [0.1, 0.15) is 65.2 Å². The number of carboxylic acids is 1. The molecule has 0 saturated heterocycles. The molecule has 2 amide bonds. The molecule has 0 heterocycles. The van der Waals surface area contributed by atoms with Gasteiger partial charge < -0.3 is 15.7 Å². The molecule has 3 N–H and O–H groups in total. The first-order valence-electron chi connectivity index (χ1n) is 7.77. The Bertz CT molecular complexity index is 327. The van der Waals surface area contributed by atoms with Crippen LogP contribution < -0.4 is 10.6 Å². The van der Waals surface area contributed by atoms with Gasteiger partial charge in [0.15, 0.2) is 0 Å². The molecule has 0 radical (unpaired) electrons. The van der Waals surface area contributed by atoms with Crippen molar-refractivity contribution in [3.63, 3.8) is 0 Å². The molecule has 116 valence electrons. The van der Waals surface area contributed by atoms with Crippen LogP contribution >= 0.6 is 0 Å². The minimum atomic E-state index is -1.18. The minimum absolute atomic E-state index is 0.380. The number of urea groups is 1. The van der Waals surface area contributed by atoms with E-state index < -0.39 is 11.5 Å². The number of rotatable bonds is 8. The van der Waals surface area contributed by atoms with Gasteiger partial charge in [-0.15, -0.1) is 0 Å². The van der Waals surface area contributed by atoms with E-state index in [0.29, 0.717) is 19.4 Å². The van der Waals surface area contributed by atoms with Gasteiger partial charge in [-0.05, 0) is 32.1 Å². The molecule has 1 fully saturated rings. The molecule has 1 atom stereocenters. The predicted molar refractivity (Wildman–Crippen MR) is 78.7 cm³/mol. The Morgan fingerprint density at radius 3 is 2.50 bits per heavy atom. The van der Waals surface area contributed by atoms with Crippen LogP contribution in [0.15, 0.2) is 0 Å². The van der Waals surface area contributed by atoms with Crippen LogP contribution in [0.25, 0.3) is 0 Å². The van der Waals surface area contributed by atoms with Crippen LogP contribution in [0.2, 0.25) is 0 Å². The quantitative estimate of drug-likeness (QED) is 0.600. The molecule has 0 spiro atoms. The van der Waals surface area contributed by atoms with Crippen molar-refractivity contribution in [2.24, 2.45) is 5.92 Å². The maximum atomic E-state index is 11.7. The Morgan fingerprint density at radius 2 is 1.95 bits per heavy atom. The van der Waals surface area contributed by atoms with E-state index in [1.807, 2.05) is 6.92 Å². The molecule has 1 unspecified atom stereocenters. The average Bonchev–Trinajstić information content (AvgIpc) is 2.87. The third-order valence-electron chi connectivity index (χ3n) is 4.16. The Hall–Kier alpha value is -1.26. The summed E-state index contributed by atoms with van der Waals surface area (Å²) in [5.41, 5.74) is -1.18. The summed E-state index contributed by atoms with van der Waals surface area (Å²) < 4.78 is 0. The van der Waals surface area contributed by atoms with Gasteiger partial charge in [0.05, 0.1) is 0 Å². The molecule has 0 aliphatic heterocycles. The summed E-state index contributed by atoms with van der Waals surface area (Å²) in [6.45, 7) is 4.07. The molecular weight excluding hydrogens is 256 g/mol. The normalized spacial score (nSPS) is 18.5. The number of carbonyl (C=O) groups is 2. The summed E-state index contributed by atoms with van der Waals surface area (Å²) in [5, 5.41) is 14.5. The summed E-state index contributed by atoms with van der Waals surface area (Å²) in [6.07, 6.45) is 8.59. The van der Waals surface area contributed by atoms with E-state index in [-0.39, 0.29) is 6.03 Å². The summed E-state index contributed by atoms with van der Waals surface area (Å²) in [7, 11) is 0. The number of hydrogen-bond donors (Lipinski definition) is 3. The topological polar surface area (TPSA) is 78.4 Å². The van der Waals surface area contributed by atoms with Crippen LogP contribution in [-0.2, 0) is 4.79 Å². The zero-order valence-corrected chi connectivity index (χ0v) is 12.7. The van der Waals surface area contributed by atoms with Crippen molar-refractivity contribution in [1.82, 2.24) is 10.6 Å². The second-order valence-electron chi connectivity index (χ2n) is 6.06. The van der Waals surface area contributed by atoms with Crippen LogP contribution in [0.3, 0.4) is 0 Å². The molecular formula is C15H28N2O3. The highest BCUT2D eigenvalue weighted by Crippen LogP contribution is 2.28. The lowest BCUT2D eigenvalue weighted by molar-refractivity contribution is -0.144. The molecule has 0 aromatic carbocycles. The monoisotopic (exact) mass is 284 g/mol. The van der Waals surface area contributed by atoms with Gasteiger partial charge in [0.1, 0.15) is 5.54 Å². The van der Waals surface area contributed by atoms with Gasteiger partial charge >= 0.3 is 12.0 Å². The predicted octanol–water partition coefficient (Wildman–Crippen LogP) is 2.90. The molecule has 5 heteroatoms. The van der Waals surface area contributed by atoms with Crippen LogP contribution in [0, 0.1) is 5.92 Å². The Kier molecular flexibility index (Phi) is 6.82. The van der Waals surface area contributed by atoms with Crippen LogP contribution in [0.4, 0.5) is 4.79 Å². The molecule has 1 saturated carbocycles. The minimum Gasteiger partial charge on any atom is -0.480 e. The van der Waals surface area contributed by atoms with E-state index >= 15 is 0 Å². The molecule has 0 aromatic heterocycles.